The van der Waals surface area contributed by atoms with Crippen LogP contribution in [0.25, 0.3) is 0 Å². The second-order valence-electron chi connectivity index (χ2n) is 27.0. The third-order valence-electron chi connectivity index (χ3n) is 17.2. The molecule has 4 N–H and O–H groups in total. The molecular formula is C66H117N11O14. The van der Waals surface area contributed by atoms with Gasteiger partial charge in [-0.25, -0.2) is 0 Å². The van der Waals surface area contributed by atoms with Crippen LogP contribution in [0.2, 0.25) is 0 Å². The minimum absolute atomic E-state index is 0.0178. The fourth-order valence-electron chi connectivity index (χ4n) is 11.9. The monoisotopic (exact) mass is 1290 g/mol. The van der Waals surface area contributed by atoms with Crippen LogP contribution in [0.4, 0.5) is 0 Å². The molecule has 520 valence electrons. The molecular weight excluding hydrogens is 1170 g/mol. The number of amides is 11. The van der Waals surface area contributed by atoms with Crippen molar-refractivity contribution < 1.29 is 67.0 Å². The number of likely N-dealkylation sites (N-methyl/N-ethyl adjacent to an activating group) is 7. The van der Waals surface area contributed by atoms with Crippen LogP contribution in [-0.2, 0) is 67.0 Å². The van der Waals surface area contributed by atoms with Crippen molar-refractivity contribution in [3.05, 3.63) is 12.2 Å². The van der Waals surface area contributed by atoms with Crippen molar-refractivity contribution in [3.8, 4) is 0 Å². The van der Waals surface area contributed by atoms with Crippen LogP contribution in [0.15, 0.2) is 12.2 Å². The van der Waals surface area contributed by atoms with Gasteiger partial charge in [0, 0.05) is 69.3 Å². The van der Waals surface area contributed by atoms with Crippen molar-refractivity contribution in [1.82, 2.24) is 55.6 Å². The number of carbonyl (C=O) groups is 12. The van der Waals surface area contributed by atoms with Crippen molar-refractivity contribution >= 4 is 70.9 Å². The number of ether oxygens (including phenoxy) is 2. The average Bonchev–Trinajstić information content (AvgIpc) is 1.12. The summed E-state index contributed by atoms with van der Waals surface area (Å²) in [5.74, 6) is -11.5. The summed E-state index contributed by atoms with van der Waals surface area (Å²) in [5, 5.41) is 11.1. The van der Waals surface area contributed by atoms with Gasteiger partial charge in [0.1, 0.15) is 72.6 Å². The lowest BCUT2D eigenvalue weighted by Crippen LogP contribution is -2.64. The molecule has 1 saturated heterocycles. The van der Waals surface area contributed by atoms with Gasteiger partial charge in [-0.05, 0) is 94.8 Å². The van der Waals surface area contributed by atoms with Crippen LogP contribution >= 0.6 is 0 Å². The van der Waals surface area contributed by atoms with Crippen LogP contribution in [0, 0.1) is 41.4 Å². The molecule has 1 fully saturated rings. The first-order chi connectivity index (χ1) is 42.1. The van der Waals surface area contributed by atoms with Crippen molar-refractivity contribution in [2.45, 2.75) is 236 Å². The molecule has 1 aliphatic rings. The molecule has 0 saturated carbocycles. The molecule has 0 radical (unpaired) electrons. The second-order valence-corrected chi connectivity index (χ2v) is 27.0. The van der Waals surface area contributed by atoms with E-state index in [9.17, 15) is 38.4 Å². The zero-order valence-corrected chi connectivity index (χ0v) is 59.9. The first kappa shape index (κ1) is 82.4. The molecule has 1 aliphatic heterocycles. The number of methoxy groups -OCH3 is 1. The molecule has 14 atom stereocenters. The number of esters is 1. The zero-order valence-electron chi connectivity index (χ0n) is 59.9. The van der Waals surface area contributed by atoms with Gasteiger partial charge in [0.15, 0.2) is 0 Å². The fraction of sp³-hybridized carbons (Fsp3) is 0.788. The van der Waals surface area contributed by atoms with E-state index in [1.165, 1.54) is 107 Å². The van der Waals surface area contributed by atoms with Gasteiger partial charge in [-0.15, -0.1) is 0 Å². The normalized spacial score (nSPS) is 27.0. The number of hydrogen-bond acceptors (Lipinski definition) is 14. The highest BCUT2D eigenvalue weighted by Gasteiger charge is 2.47. The molecule has 91 heavy (non-hydrogen) atoms. The Labute approximate surface area is 543 Å². The van der Waals surface area contributed by atoms with E-state index < -0.39 is 167 Å². The summed E-state index contributed by atoms with van der Waals surface area (Å²) in [6, 6.07) is -14.1. The van der Waals surface area contributed by atoms with E-state index in [1.807, 2.05) is 47.6 Å². The lowest BCUT2D eigenvalue weighted by molar-refractivity contribution is -0.164. The van der Waals surface area contributed by atoms with Crippen LogP contribution in [-0.4, -0.2) is 241 Å². The van der Waals surface area contributed by atoms with Crippen molar-refractivity contribution in [1.29, 1.82) is 0 Å². The quantitative estimate of drug-likeness (QED) is 0.112. The first-order valence-electron chi connectivity index (χ1n) is 32.5. The number of carbonyl (C=O) groups excluding carboxylic acids is 12. The van der Waals surface area contributed by atoms with Crippen molar-refractivity contribution in [2.75, 3.05) is 63.1 Å². The molecule has 0 aliphatic carbocycles. The minimum atomic E-state index is -1.63. The molecule has 11 amide bonds. The number of hydrogen-bond donors (Lipinski definition) is 4. The van der Waals surface area contributed by atoms with E-state index >= 15 is 19.2 Å². The summed E-state index contributed by atoms with van der Waals surface area (Å²) in [4.78, 5) is 185. The van der Waals surface area contributed by atoms with Gasteiger partial charge in [0.25, 0.3) is 0 Å². The van der Waals surface area contributed by atoms with Crippen LogP contribution < -0.4 is 21.3 Å². The Morgan fingerprint density at radius 2 is 0.901 bits per heavy atom. The molecule has 25 nitrogen and oxygen atoms in total. The Bertz CT molecular complexity index is 2520. The maximum absolute atomic E-state index is 15.5. The van der Waals surface area contributed by atoms with Gasteiger partial charge in [-0.1, -0.05) is 109 Å². The van der Waals surface area contributed by atoms with E-state index in [1.54, 1.807) is 68.4 Å². The summed E-state index contributed by atoms with van der Waals surface area (Å²) in [7, 11) is 11.3. The Morgan fingerprint density at radius 3 is 1.35 bits per heavy atom. The van der Waals surface area contributed by atoms with E-state index in [0.717, 1.165) is 4.90 Å². The van der Waals surface area contributed by atoms with E-state index in [2.05, 4.69) is 21.3 Å². The second kappa shape index (κ2) is 37.8. The molecule has 1 heterocycles. The number of rotatable bonds is 18. The third-order valence-corrected chi connectivity index (χ3v) is 17.2. The topological polar surface area (TPSA) is 294 Å². The lowest BCUT2D eigenvalue weighted by atomic mass is 9.91. The van der Waals surface area contributed by atoms with Gasteiger partial charge in [-0.2, -0.15) is 0 Å². The molecule has 0 unspecified atom stereocenters. The van der Waals surface area contributed by atoms with Crippen molar-refractivity contribution in [3.63, 3.8) is 0 Å². The Kier molecular flexibility index (Phi) is 34.2. The number of nitrogens with one attached hydrogen (secondary N) is 4. The Balaban J connectivity index is 4.56. The summed E-state index contributed by atoms with van der Waals surface area (Å²) in [6.45, 7) is 30.6. The van der Waals surface area contributed by atoms with Gasteiger partial charge >= 0.3 is 5.97 Å². The Hall–Kier alpha value is -6.66. The van der Waals surface area contributed by atoms with Crippen LogP contribution in [0.5, 0.6) is 0 Å². The van der Waals surface area contributed by atoms with E-state index in [4.69, 9.17) is 9.47 Å². The molecule has 0 aromatic carbocycles. The maximum Gasteiger partial charge on any atom is 0.303 e. The van der Waals surface area contributed by atoms with E-state index in [0.29, 0.717) is 0 Å². The predicted octanol–water partition coefficient (Wildman–Crippen LogP) is 3.85. The zero-order chi connectivity index (χ0) is 70.5. The third kappa shape index (κ3) is 22.6. The summed E-state index contributed by atoms with van der Waals surface area (Å²) in [5.41, 5.74) is 0. The maximum atomic E-state index is 15.5. The predicted molar refractivity (Wildman–Crippen MR) is 349 cm³/mol. The van der Waals surface area contributed by atoms with Crippen molar-refractivity contribution in [2.24, 2.45) is 41.4 Å². The summed E-state index contributed by atoms with van der Waals surface area (Å²) >= 11 is 0. The standard InChI is InChI=1S/C66H117N11O14/c1-27-30-31-41(14)55(91-45(18)78)54-59(82)69-46(28-2)61(84)71(19)47(29-3)62(85)76(24)53(42(15)35-90-26)58(81)70-51(39(10)11)65(88)72(20)48(32-36(4)5)57(80)67-43(16)56(79)68-44(17)60(83)73(21)49(33-37(6)7)63(86)74(22)50(34-38(8)9)64(87)75(23)52(40(12)13)66(89)77(54)25/h27,30,36-44,46-55H,28-29,31-35H2,1-26H3,(H,67,80)(H,68,79)(H,69,82)(H,70,81)/t41-,42-,43+,44-,46+,47-,48+,49+,50+,51+,52+,53+,54+,55-/m1/s1. The van der Waals surface area contributed by atoms with Gasteiger partial charge in [0.2, 0.25) is 65.0 Å². The SMILES string of the molecule is CC=CC[C@@H](C)[C@@H](OC(C)=O)[C@H]1C(=O)N[C@@H](CC)C(=O)N(C)[C@H](CC)C(=O)N(C)[C@@H]([C@H](C)COC)C(=O)N[C@@H](C(C)C)C(=O)N(C)[C@@H](CC(C)C)C(=O)N[C@@H](C)C(=O)N[C@H](C)C(=O)N(C)[C@@H](CC(C)C)C(=O)N(C)[C@@H](CC(C)C)C(=O)N(C)[C@@H](C(C)C)C(=O)N1C. The molecule has 0 spiro atoms. The molecule has 0 bridgehead atoms. The van der Waals surface area contributed by atoms with Gasteiger partial charge in [0.05, 0.1) is 6.61 Å². The number of nitrogens with zero attached hydrogens (tertiary/aromatic N) is 7. The number of allylic oxidation sites excluding steroid dienone is 2. The van der Waals surface area contributed by atoms with Crippen LogP contribution in [0.3, 0.4) is 0 Å². The van der Waals surface area contributed by atoms with Gasteiger partial charge < -0.3 is 65.0 Å². The molecule has 25 heteroatoms. The first-order valence-corrected chi connectivity index (χ1v) is 32.5. The highest BCUT2D eigenvalue weighted by molar-refractivity contribution is 6.00. The molecule has 1 rings (SSSR count). The fourth-order valence-corrected chi connectivity index (χ4v) is 11.9. The van der Waals surface area contributed by atoms with E-state index in [-0.39, 0.29) is 62.9 Å². The lowest BCUT2D eigenvalue weighted by Gasteiger charge is -2.42. The highest BCUT2D eigenvalue weighted by Crippen LogP contribution is 2.27. The minimum Gasteiger partial charge on any atom is -0.459 e. The molecule has 0 aromatic heterocycles. The smallest absolute Gasteiger partial charge is 0.303 e. The molecule has 0 aromatic rings. The van der Waals surface area contributed by atoms with Gasteiger partial charge in [-0.3, -0.25) is 57.5 Å². The largest absolute Gasteiger partial charge is 0.459 e. The highest BCUT2D eigenvalue weighted by atomic mass is 16.5. The van der Waals surface area contributed by atoms with Crippen LogP contribution in [0.1, 0.15) is 163 Å². The Morgan fingerprint density at radius 1 is 0.473 bits per heavy atom. The summed E-state index contributed by atoms with van der Waals surface area (Å²) < 4.78 is 11.5. The average molecular weight is 1290 g/mol. The summed E-state index contributed by atoms with van der Waals surface area (Å²) in [6.07, 6.45) is 2.96.